The Balaban J connectivity index is 1.42. The number of rotatable bonds is 4. The molecule has 0 saturated carbocycles. The van der Waals surface area contributed by atoms with Crippen molar-refractivity contribution in [3.63, 3.8) is 0 Å². The Morgan fingerprint density at radius 3 is 1.75 bits per heavy atom. The lowest BCUT2D eigenvalue weighted by Crippen LogP contribution is -2.34. The van der Waals surface area contributed by atoms with Crippen molar-refractivity contribution in [3.05, 3.63) is 169 Å². The molecule has 10 rings (SSSR count). The maximum atomic E-state index is 9.77. The summed E-state index contributed by atoms with van der Waals surface area (Å²) >= 11 is 0. The Labute approximate surface area is 324 Å². The van der Waals surface area contributed by atoms with E-state index < -0.39 is 18.1 Å². The molecular weight excluding hydrogens is 641 g/mol. The first-order chi connectivity index (χ1) is 29.5. The second-order valence-electron chi connectivity index (χ2n) is 15.6. The SMILES string of the molecule is [2H]c1c([2H])c([2H])c(-c2ccc(-c3c4ccccc4c(-c4ccc5c(c4-c4ccccc4)C(C)(C)CCC5(C)C)c4c([2H])c([2H])c([2H])c([2H])c34)c3c2oc2ccccc23)c([2H])c1[2H]. The molecule has 1 heteroatoms. The quantitative estimate of drug-likeness (QED) is 0.167. The smallest absolute Gasteiger partial charge is 0.143 e. The van der Waals surface area contributed by atoms with Crippen molar-refractivity contribution in [3.8, 4) is 44.5 Å². The highest BCUT2D eigenvalue weighted by Crippen LogP contribution is 2.55. The molecule has 0 fully saturated rings. The number of hydrogen-bond acceptors (Lipinski definition) is 1. The molecule has 0 aliphatic heterocycles. The molecule has 256 valence electrons. The van der Waals surface area contributed by atoms with E-state index in [1.807, 2.05) is 72.8 Å². The van der Waals surface area contributed by atoms with Crippen LogP contribution in [0.4, 0.5) is 0 Å². The summed E-state index contributed by atoms with van der Waals surface area (Å²) in [4.78, 5) is 0. The summed E-state index contributed by atoms with van der Waals surface area (Å²) in [6.45, 7) is 9.21. The number of para-hydroxylation sites is 1. The summed E-state index contributed by atoms with van der Waals surface area (Å²) in [5.74, 6) is 0. The lowest BCUT2D eigenvalue weighted by Gasteiger charge is -2.44. The van der Waals surface area contributed by atoms with E-state index in [9.17, 15) is 2.74 Å². The zero-order chi connectivity index (χ0) is 43.7. The molecule has 0 atom stereocenters. The first-order valence-electron chi connectivity index (χ1n) is 22.8. The maximum Gasteiger partial charge on any atom is 0.143 e. The average molecular weight is 692 g/mol. The Morgan fingerprint density at radius 2 is 1.04 bits per heavy atom. The third-order valence-corrected chi connectivity index (χ3v) is 11.5. The zero-order valence-electron chi connectivity index (χ0n) is 39.1. The second kappa shape index (κ2) is 11.8. The van der Waals surface area contributed by atoms with Crippen LogP contribution in [-0.2, 0) is 10.8 Å². The lowest BCUT2D eigenvalue weighted by atomic mass is 9.60. The van der Waals surface area contributed by atoms with Gasteiger partial charge in [0.15, 0.2) is 0 Å². The number of hydrogen-bond donors (Lipinski definition) is 0. The molecule has 9 aromatic rings. The molecule has 1 nitrogen and oxygen atoms in total. The average Bonchev–Trinajstić information content (AvgIpc) is 3.67. The summed E-state index contributed by atoms with van der Waals surface area (Å²) < 4.78 is 87.4. The molecule has 0 N–H and O–H groups in total. The normalized spacial score (nSPS) is 17.3. The fourth-order valence-electron chi connectivity index (χ4n) is 8.92. The van der Waals surface area contributed by atoms with Crippen molar-refractivity contribution in [2.75, 3.05) is 0 Å². The van der Waals surface area contributed by atoms with E-state index in [1.165, 1.54) is 11.1 Å². The van der Waals surface area contributed by atoms with Crippen LogP contribution in [0.25, 0.3) is 88.0 Å². The first-order valence-corrected chi connectivity index (χ1v) is 18.3. The molecule has 1 heterocycles. The molecule has 53 heavy (non-hydrogen) atoms. The minimum atomic E-state index is -0.491. The lowest BCUT2D eigenvalue weighted by molar-refractivity contribution is 0.333. The predicted octanol–water partition coefficient (Wildman–Crippen LogP) is 14.9. The van der Waals surface area contributed by atoms with Gasteiger partial charge in [-0.25, -0.2) is 0 Å². The maximum absolute atomic E-state index is 9.77. The fourth-order valence-corrected chi connectivity index (χ4v) is 8.92. The molecule has 0 radical (unpaired) electrons. The van der Waals surface area contributed by atoms with Gasteiger partial charge in [-0.05, 0) is 107 Å². The van der Waals surface area contributed by atoms with Crippen molar-refractivity contribution < 1.29 is 16.8 Å². The van der Waals surface area contributed by atoms with Crippen LogP contribution in [-0.4, -0.2) is 0 Å². The van der Waals surface area contributed by atoms with E-state index in [4.69, 9.17) is 14.0 Å². The van der Waals surface area contributed by atoms with Crippen LogP contribution < -0.4 is 0 Å². The van der Waals surface area contributed by atoms with Crippen molar-refractivity contribution in [1.29, 1.82) is 0 Å². The van der Waals surface area contributed by atoms with E-state index >= 15 is 0 Å². The van der Waals surface area contributed by atoms with Gasteiger partial charge < -0.3 is 4.42 Å². The topological polar surface area (TPSA) is 13.1 Å². The third-order valence-electron chi connectivity index (χ3n) is 11.5. The molecule has 1 aliphatic rings. The highest BCUT2D eigenvalue weighted by molar-refractivity contribution is 6.27. The highest BCUT2D eigenvalue weighted by atomic mass is 16.3. The van der Waals surface area contributed by atoms with Gasteiger partial charge >= 0.3 is 0 Å². The van der Waals surface area contributed by atoms with E-state index in [-0.39, 0.29) is 52.6 Å². The van der Waals surface area contributed by atoms with Gasteiger partial charge in [0.2, 0.25) is 0 Å². The Hall–Kier alpha value is -5.92. The van der Waals surface area contributed by atoms with Crippen molar-refractivity contribution in [2.24, 2.45) is 0 Å². The van der Waals surface area contributed by atoms with Gasteiger partial charge in [-0.2, -0.15) is 0 Å². The summed E-state index contributed by atoms with van der Waals surface area (Å²) in [6, 6.07) is 30.5. The molecule has 8 aromatic carbocycles. The summed E-state index contributed by atoms with van der Waals surface area (Å²) in [5, 5.41) is 3.62. The minimum absolute atomic E-state index is 0.00513. The second-order valence-corrected chi connectivity index (χ2v) is 15.6. The van der Waals surface area contributed by atoms with E-state index in [0.29, 0.717) is 49.4 Å². The van der Waals surface area contributed by atoms with E-state index in [0.717, 1.165) is 45.9 Å². The molecule has 0 bridgehead atoms. The number of benzene rings is 8. The zero-order valence-corrected chi connectivity index (χ0v) is 30.1. The van der Waals surface area contributed by atoms with Crippen molar-refractivity contribution in [1.82, 2.24) is 0 Å². The molecule has 0 saturated heterocycles. The Bertz CT molecular complexity index is 3370. The predicted molar refractivity (Wildman–Crippen MR) is 226 cm³/mol. The Kier molecular flexibility index (Phi) is 5.26. The van der Waals surface area contributed by atoms with Crippen LogP contribution in [0.2, 0.25) is 0 Å². The van der Waals surface area contributed by atoms with Gasteiger partial charge in [0, 0.05) is 16.3 Å². The van der Waals surface area contributed by atoms with Gasteiger partial charge in [0.1, 0.15) is 11.2 Å². The standard InChI is InChI=1S/C52H42O/c1-51(2)31-32-52(3,4)49-43(51)30-29-41(45(49)34-19-9-6-10-20-34)46-36-21-11-13-23-38(36)47(39-24-14-12-22-37(39)46)42-28-27-35(33-17-7-5-8-18-33)50-48(42)40-25-15-16-26-44(40)53-50/h5-30H,31-32H2,1-4H3/i5D,7D,8D,11D,13D,17D,18D,21D,23D. The number of furan rings is 1. The summed E-state index contributed by atoms with van der Waals surface area (Å²) in [7, 11) is 0. The summed E-state index contributed by atoms with van der Waals surface area (Å²) in [6.07, 6.45) is 2.00. The van der Waals surface area contributed by atoms with Crippen molar-refractivity contribution >= 4 is 43.5 Å². The van der Waals surface area contributed by atoms with Crippen LogP contribution in [0.3, 0.4) is 0 Å². The van der Waals surface area contributed by atoms with Gasteiger partial charge in [-0.1, -0.05) is 173 Å². The van der Waals surface area contributed by atoms with Gasteiger partial charge in [-0.15, -0.1) is 0 Å². The molecular formula is C52H42O. The molecule has 1 aromatic heterocycles. The fraction of sp³-hybridized carbons (Fsp3) is 0.154. The van der Waals surface area contributed by atoms with E-state index in [1.54, 1.807) is 6.07 Å². The van der Waals surface area contributed by atoms with Crippen LogP contribution in [0.15, 0.2) is 162 Å². The van der Waals surface area contributed by atoms with Gasteiger partial charge in [0.25, 0.3) is 0 Å². The van der Waals surface area contributed by atoms with Crippen LogP contribution in [0.5, 0.6) is 0 Å². The molecule has 0 unspecified atom stereocenters. The first kappa shape index (κ1) is 23.6. The Morgan fingerprint density at radius 1 is 0.472 bits per heavy atom. The monoisotopic (exact) mass is 691 g/mol. The molecule has 0 amide bonds. The largest absolute Gasteiger partial charge is 0.455 e. The minimum Gasteiger partial charge on any atom is -0.455 e. The molecule has 1 aliphatic carbocycles. The number of fused-ring (bicyclic) bond motifs is 6. The van der Waals surface area contributed by atoms with Crippen LogP contribution in [0, 0.1) is 0 Å². The third kappa shape index (κ3) is 4.84. The van der Waals surface area contributed by atoms with Gasteiger partial charge in [-0.3, -0.25) is 0 Å². The van der Waals surface area contributed by atoms with Crippen LogP contribution >= 0.6 is 0 Å². The van der Waals surface area contributed by atoms with Gasteiger partial charge in [0.05, 0.1) is 12.3 Å². The highest BCUT2D eigenvalue weighted by Gasteiger charge is 2.40. The van der Waals surface area contributed by atoms with Crippen molar-refractivity contribution in [2.45, 2.75) is 51.4 Å². The summed E-state index contributed by atoms with van der Waals surface area (Å²) in [5.41, 5.74) is 8.25. The van der Waals surface area contributed by atoms with E-state index in [2.05, 4.69) is 52.0 Å². The molecule has 0 spiro atoms. The van der Waals surface area contributed by atoms with Crippen LogP contribution in [0.1, 0.15) is 64.0 Å².